The van der Waals surface area contributed by atoms with Gasteiger partial charge in [0.2, 0.25) is 0 Å². The summed E-state index contributed by atoms with van der Waals surface area (Å²) in [6, 6.07) is 1.75. The maximum atomic E-state index is 13.3. The number of carbonyl (C=O) groups is 1. The Morgan fingerprint density at radius 3 is 2.76 bits per heavy atom. The lowest BCUT2D eigenvalue weighted by Crippen LogP contribution is -2.55. The zero-order valence-corrected chi connectivity index (χ0v) is 23.0. The van der Waals surface area contributed by atoms with Crippen LogP contribution in [0.3, 0.4) is 0 Å². The van der Waals surface area contributed by atoms with Gasteiger partial charge in [-0.3, -0.25) is 4.57 Å². The number of hydrogen-bond acceptors (Lipinski definition) is 7. The Bertz CT molecular complexity index is 1170. The number of anilines is 1. The Balaban J connectivity index is 1.74. The minimum atomic E-state index is -0.557. The Morgan fingerprint density at radius 2 is 2.12 bits per heavy atom. The number of benzene rings is 1. The zero-order valence-electron chi connectivity index (χ0n) is 19.8. The van der Waals surface area contributed by atoms with E-state index in [0.717, 1.165) is 20.3 Å². The van der Waals surface area contributed by atoms with Crippen molar-refractivity contribution in [2.75, 3.05) is 36.9 Å². The number of amides is 1. The molecule has 1 N–H and O–H groups in total. The van der Waals surface area contributed by atoms with E-state index in [2.05, 4.69) is 25.8 Å². The second-order valence-corrected chi connectivity index (χ2v) is 12.0. The normalized spacial score (nSPS) is 20.7. The van der Waals surface area contributed by atoms with Gasteiger partial charge in [0.1, 0.15) is 11.4 Å². The molecular weight excluding hydrogens is 544 g/mol. The lowest BCUT2D eigenvalue weighted by atomic mass is 10.1. The fourth-order valence-electron chi connectivity index (χ4n) is 4.55. The van der Waals surface area contributed by atoms with Crippen LogP contribution in [0.5, 0.6) is 0 Å². The minimum absolute atomic E-state index is 0.0456. The molecule has 1 fully saturated rings. The molecule has 0 bridgehead atoms. The summed E-state index contributed by atoms with van der Waals surface area (Å²) < 4.78 is 8.08. The summed E-state index contributed by atoms with van der Waals surface area (Å²) in [6.07, 6.45) is 0.984. The molecule has 8 nitrogen and oxygen atoms in total. The number of rotatable bonds is 4. The van der Waals surface area contributed by atoms with Gasteiger partial charge in [-0.2, -0.15) is 4.98 Å². The summed E-state index contributed by atoms with van der Waals surface area (Å²) in [5.74, 6) is 1.30. The highest BCUT2D eigenvalue weighted by atomic mass is 79.9. The van der Waals surface area contributed by atoms with Crippen LogP contribution < -0.4 is 10.6 Å². The first-order valence-electron chi connectivity index (χ1n) is 11.4. The van der Waals surface area contributed by atoms with E-state index in [4.69, 9.17) is 16.3 Å². The van der Waals surface area contributed by atoms with Crippen LogP contribution in [0.15, 0.2) is 20.2 Å². The van der Waals surface area contributed by atoms with Crippen LogP contribution in [-0.2, 0) is 4.74 Å². The highest BCUT2D eigenvalue weighted by Gasteiger charge is 2.34. The first-order chi connectivity index (χ1) is 16.0. The number of nitrogens with zero attached hydrogens (tertiary/aromatic N) is 4. The zero-order chi connectivity index (χ0) is 24.8. The van der Waals surface area contributed by atoms with E-state index >= 15 is 0 Å². The highest BCUT2D eigenvalue weighted by Crippen LogP contribution is 2.46. The molecule has 2 atom stereocenters. The molecule has 2 aromatic rings. The summed E-state index contributed by atoms with van der Waals surface area (Å²) in [4.78, 5) is 35.2. The van der Waals surface area contributed by atoms with Crippen molar-refractivity contribution in [1.82, 2.24) is 14.5 Å². The topological polar surface area (TPSA) is 87.9 Å². The van der Waals surface area contributed by atoms with Gasteiger partial charge in [-0.1, -0.05) is 11.6 Å². The summed E-state index contributed by atoms with van der Waals surface area (Å²) in [5.41, 5.74) is -0.0339. The Morgan fingerprint density at radius 1 is 1.38 bits per heavy atom. The number of piperazine rings is 1. The standard InChI is InChI=1S/C23H30BrClN4O4S/c1-13-11-27(22(32)33-23(2,3)4)7-8-28(13)20-15-10-16(25)17(24)19-18(15)29(21(31)26-20)14(12-34-19)6-5-9-30/h10,13-14,30H,5-9,11-12H2,1-4H3/t13-,14+/m0/s1. The second-order valence-electron chi connectivity index (χ2n) is 9.79. The molecule has 11 heteroatoms. The molecule has 3 heterocycles. The number of aliphatic hydroxyl groups excluding tert-OH is 1. The van der Waals surface area contributed by atoms with Gasteiger partial charge in [0.15, 0.2) is 0 Å². The Labute approximate surface area is 216 Å². The van der Waals surface area contributed by atoms with Crippen molar-refractivity contribution in [2.24, 2.45) is 0 Å². The molecule has 2 aliphatic rings. The van der Waals surface area contributed by atoms with Crippen LogP contribution in [-0.4, -0.2) is 69.3 Å². The number of halogens is 2. The van der Waals surface area contributed by atoms with Gasteiger partial charge in [-0.05, 0) is 62.5 Å². The van der Waals surface area contributed by atoms with Crippen LogP contribution in [0.2, 0.25) is 5.02 Å². The first kappa shape index (κ1) is 25.6. The Kier molecular flexibility index (Phi) is 7.43. The third kappa shape index (κ3) is 4.92. The molecule has 1 amide bonds. The van der Waals surface area contributed by atoms with E-state index in [0.29, 0.717) is 49.1 Å². The smallest absolute Gasteiger partial charge is 0.410 e. The number of aromatic nitrogens is 2. The average molecular weight is 574 g/mol. The largest absolute Gasteiger partial charge is 0.444 e. The van der Waals surface area contributed by atoms with E-state index < -0.39 is 5.60 Å². The van der Waals surface area contributed by atoms with Gasteiger partial charge in [0.25, 0.3) is 0 Å². The molecular formula is C23H30BrClN4O4S. The maximum Gasteiger partial charge on any atom is 0.410 e. The molecule has 0 spiro atoms. The molecule has 1 saturated heterocycles. The number of ether oxygens (including phenoxy) is 1. The number of hydrogen-bond donors (Lipinski definition) is 1. The summed E-state index contributed by atoms with van der Waals surface area (Å²) in [7, 11) is 0. The summed E-state index contributed by atoms with van der Waals surface area (Å²) >= 11 is 11.9. The van der Waals surface area contributed by atoms with Crippen LogP contribution >= 0.6 is 39.3 Å². The molecule has 1 aromatic carbocycles. The van der Waals surface area contributed by atoms with Gasteiger partial charge in [0, 0.05) is 54.4 Å². The van der Waals surface area contributed by atoms with Crippen LogP contribution in [0.4, 0.5) is 10.6 Å². The van der Waals surface area contributed by atoms with Gasteiger partial charge >= 0.3 is 11.8 Å². The van der Waals surface area contributed by atoms with Crippen molar-refractivity contribution in [3.8, 4) is 0 Å². The average Bonchev–Trinajstić information content (AvgIpc) is 2.76. The van der Waals surface area contributed by atoms with Crippen molar-refractivity contribution in [3.63, 3.8) is 0 Å². The van der Waals surface area contributed by atoms with Crippen LogP contribution in [0.25, 0.3) is 10.9 Å². The van der Waals surface area contributed by atoms with Gasteiger partial charge in [-0.25, -0.2) is 9.59 Å². The highest BCUT2D eigenvalue weighted by molar-refractivity contribution is 9.10. The summed E-state index contributed by atoms with van der Waals surface area (Å²) in [6.45, 7) is 9.11. The lowest BCUT2D eigenvalue weighted by molar-refractivity contribution is 0.0218. The van der Waals surface area contributed by atoms with Crippen molar-refractivity contribution >= 4 is 62.1 Å². The minimum Gasteiger partial charge on any atom is -0.444 e. The lowest BCUT2D eigenvalue weighted by Gasteiger charge is -2.41. The predicted molar refractivity (Wildman–Crippen MR) is 139 cm³/mol. The number of carbonyl (C=O) groups excluding carboxylic acids is 1. The monoisotopic (exact) mass is 572 g/mol. The second kappa shape index (κ2) is 9.87. The van der Waals surface area contributed by atoms with E-state index in [-0.39, 0.29) is 30.5 Å². The van der Waals surface area contributed by atoms with Crippen LogP contribution in [0, 0.1) is 0 Å². The van der Waals surface area contributed by atoms with Gasteiger partial charge in [0.05, 0.1) is 15.0 Å². The Hall–Kier alpha value is -1.49. The molecule has 0 radical (unpaired) electrons. The SMILES string of the molecule is C[C@H]1CN(C(=O)OC(C)(C)C)CCN1c1nc(=O)n2c3c(c(Br)c(Cl)cc13)SC[C@H]2CCCO. The van der Waals surface area contributed by atoms with E-state index in [1.54, 1.807) is 21.2 Å². The molecule has 0 unspecified atom stereocenters. The molecule has 0 aliphatic carbocycles. The third-order valence-electron chi connectivity index (χ3n) is 6.07. The maximum absolute atomic E-state index is 13.3. The molecule has 0 saturated carbocycles. The third-order valence-corrected chi connectivity index (χ3v) is 8.92. The fraction of sp³-hybridized carbons (Fsp3) is 0.609. The van der Waals surface area contributed by atoms with Gasteiger partial charge < -0.3 is 19.6 Å². The van der Waals surface area contributed by atoms with Crippen molar-refractivity contribution in [2.45, 2.75) is 63.1 Å². The molecule has 1 aromatic heterocycles. The quantitative estimate of drug-likeness (QED) is 0.568. The molecule has 186 valence electrons. The van der Waals surface area contributed by atoms with E-state index in [1.165, 1.54) is 0 Å². The number of thioether (sulfide) groups is 1. The molecule has 4 rings (SSSR count). The van der Waals surface area contributed by atoms with Crippen LogP contribution in [0.1, 0.15) is 46.6 Å². The molecule has 2 aliphatic heterocycles. The van der Waals surface area contributed by atoms with E-state index in [9.17, 15) is 14.7 Å². The van der Waals surface area contributed by atoms with Crippen molar-refractivity contribution < 1.29 is 14.6 Å². The fourth-order valence-corrected chi connectivity index (χ4v) is 6.71. The molecule has 34 heavy (non-hydrogen) atoms. The number of aliphatic hydroxyl groups is 1. The summed E-state index contributed by atoms with van der Waals surface area (Å²) in [5, 5.41) is 10.7. The van der Waals surface area contributed by atoms with Crippen molar-refractivity contribution in [3.05, 3.63) is 26.0 Å². The van der Waals surface area contributed by atoms with Crippen molar-refractivity contribution in [1.29, 1.82) is 0 Å². The predicted octanol–water partition coefficient (Wildman–Crippen LogP) is 4.68. The first-order valence-corrected chi connectivity index (χ1v) is 13.6. The van der Waals surface area contributed by atoms with E-state index in [1.807, 2.05) is 33.8 Å². The van der Waals surface area contributed by atoms with Gasteiger partial charge in [-0.15, -0.1) is 11.8 Å².